The Bertz CT molecular complexity index is 684. The van der Waals surface area contributed by atoms with Gasteiger partial charge in [-0.15, -0.1) is 0 Å². The molecular weight excluding hydrogens is 404 g/mol. The quantitative estimate of drug-likeness (QED) is 0.486. The molecule has 1 aliphatic carbocycles. The normalized spacial score (nSPS) is 27.8. The van der Waals surface area contributed by atoms with Gasteiger partial charge in [0, 0.05) is 5.92 Å². The molecule has 0 bridgehead atoms. The summed E-state index contributed by atoms with van der Waals surface area (Å²) < 4.78 is 78.0. The summed E-state index contributed by atoms with van der Waals surface area (Å²) in [5.74, 6) is -2.58. The fraction of sp³-hybridized carbons (Fsp3) is 0.727. The van der Waals surface area contributed by atoms with E-state index < -0.39 is 41.4 Å². The van der Waals surface area contributed by atoms with Crippen molar-refractivity contribution in [1.82, 2.24) is 0 Å². The van der Waals surface area contributed by atoms with Crippen LogP contribution in [0.2, 0.25) is 0 Å². The number of benzene rings is 1. The van der Waals surface area contributed by atoms with Crippen LogP contribution in [0.15, 0.2) is 12.1 Å². The minimum atomic E-state index is -4.03. The second kappa shape index (κ2) is 10.3. The van der Waals surface area contributed by atoms with Gasteiger partial charge in [0.25, 0.3) is 0 Å². The molecule has 1 saturated carbocycles. The highest BCUT2D eigenvalue weighted by Crippen LogP contribution is 2.38. The zero-order chi connectivity index (χ0) is 21.7. The van der Waals surface area contributed by atoms with E-state index in [2.05, 4.69) is 6.92 Å². The third-order valence-electron chi connectivity index (χ3n) is 5.84. The van der Waals surface area contributed by atoms with Crippen molar-refractivity contribution >= 4 is 0 Å². The molecule has 170 valence electrons. The first kappa shape index (κ1) is 23.3. The molecule has 1 aromatic rings. The number of halogens is 4. The molecule has 0 spiro atoms. The summed E-state index contributed by atoms with van der Waals surface area (Å²) in [5.41, 5.74) is -1.18. The fourth-order valence-corrected chi connectivity index (χ4v) is 4.29. The Kier molecular flexibility index (Phi) is 7.98. The summed E-state index contributed by atoms with van der Waals surface area (Å²) >= 11 is 0. The third kappa shape index (κ3) is 5.45. The van der Waals surface area contributed by atoms with E-state index in [-0.39, 0.29) is 25.7 Å². The van der Waals surface area contributed by atoms with Crippen molar-refractivity contribution in [2.75, 3.05) is 19.8 Å². The predicted molar refractivity (Wildman–Crippen MR) is 102 cm³/mol. The van der Waals surface area contributed by atoms with Crippen LogP contribution < -0.4 is 4.74 Å². The summed E-state index contributed by atoms with van der Waals surface area (Å²) in [7, 11) is 0. The lowest BCUT2D eigenvalue weighted by Gasteiger charge is -2.38. The Hall–Kier alpha value is -1.38. The lowest BCUT2D eigenvalue weighted by molar-refractivity contribution is -0.326. The van der Waals surface area contributed by atoms with Crippen molar-refractivity contribution in [2.45, 2.75) is 70.9 Å². The van der Waals surface area contributed by atoms with E-state index in [1.165, 1.54) is 12.8 Å². The Balaban J connectivity index is 1.54. The summed E-state index contributed by atoms with van der Waals surface area (Å²) in [5, 5.41) is 0. The lowest BCUT2D eigenvalue weighted by atomic mass is 9.79. The average Bonchev–Trinajstić information content (AvgIpc) is 2.73. The number of ether oxygens (including phenoxy) is 4. The number of rotatable bonds is 8. The van der Waals surface area contributed by atoms with E-state index >= 15 is 0 Å². The van der Waals surface area contributed by atoms with Crippen LogP contribution >= 0.6 is 0 Å². The zero-order valence-corrected chi connectivity index (χ0v) is 17.5. The number of hydrogen-bond donors (Lipinski definition) is 0. The van der Waals surface area contributed by atoms with Gasteiger partial charge in [-0.3, -0.25) is 0 Å². The molecule has 2 aliphatic rings. The summed E-state index contributed by atoms with van der Waals surface area (Å²) in [4.78, 5) is 0. The molecular formula is C22H30F4O4. The van der Waals surface area contributed by atoms with Crippen molar-refractivity contribution in [3.63, 3.8) is 0 Å². The van der Waals surface area contributed by atoms with Crippen molar-refractivity contribution in [1.29, 1.82) is 0 Å². The smallest absolute Gasteiger partial charge is 0.386 e. The first-order valence-electron chi connectivity index (χ1n) is 10.8. The van der Waals surface area contributed by atoms with Gasteiger partial charge in [0.1, 0.15) is 6.10 Å². The summed E-state index contributed by atoms with van der Waals surface area (Å²) in [6.45, 7) is 3.67. The molecule has 2 fully saturated rings. The van der Waals surface area contributed by atoms with E-state index in [9.17, 15) is 17.6 Å². The van der Waals surface area contributed by atoms with Gasteiger partial charge in [-0.1, -0.05) is 19.8 Å². The molecule has 3 rings (SSSR count). The van der Waals surface area contributed by atoms with Crippen LogP contribution in [0.5, 0.6) is 5.75 Å². The van der Waals surface area contributed by atoms with Crippen molar-refractivity contribution < 1.29 is 36.5 Å². The highest BCUT2D eigenvalue weighted by Gasteiger charge is 2.42. The molecule has 4 nitrogen and oxygen atoms in total. The van der Waals surface area contributed by atoms with E-state index in [4.69, 9.17) is 18.9 Å². The SMILES string of the molecule is CCCC1CCC(C2OCC(OC(F)(F)c3ccc(OCC)c(F)c3F)CO2)CC1. The third-order valence-corrected chi connectivity index (χ3v) is 5.84. The van der Waals surface area contributed by atoms with E-state index in [1.54, 1.807) is 6.92 Å². The highest BCUT2D eigenvalue weighted by molar-refractivity contribution is 5.32. The van der Waals surface area contributed by atoms with Gasteiger partial charge in [-0.25, -0.2) is 4.39 Å². The van der Waals surface area contributed by atoms with Crippen LogP contribution in [0.3, 0.4) is 0 Å². The molecule has 30 heavy (non-hydrogen) atoms. The second-order valence-electron chi connectivity index (χ2n) is 8.03. The standard InChI is InChI=1S/C22H30F4O4/c1-3-5-14-6-8-15(9-7-14)21-28-12-16(13-29-21)30-22(25,26)17-10-11-18(27-4-2)20(24)19(17)23/h10-11,14-16,21H,3-9,12-13H2,1-2H3. The van der Waals surface area contributed by atoms with Crippen molar-refractivity contribution in [3.05, 3.63) is 29.3 Å². The van der Waals surface area contributed by atoms with E-state index in [0.717, 1.165) is 43.7 Å². The van der Waals surface area contributed by atoms with Crippen LogP contribution in [0, 0.1) is 23.5 Å². The van der Waals surface area contributed by atoms with E-state index in [0.29, 0.717) is 0 Å². The van der Waals surface area contributed by atoms with Crippen LogP contribution in [-0.4, -0.2) is 32.2 Å². The van der Waals surface area contributed by atoms with Gasteiger partial charge in [0.15, 0.2) is 17.9 Å². The Morgan fingerprint density at radius 2 is 1.67 bits per heavy atom. The zero-order valence-electron chi connectivity index (χ0n) is 17.5. The predicted octanol–water partition coefficient (Wildman–Crippen LogP) is 5.78. The highest BCUT2D eigenvalue weighted by atomic mass is 19.3. The second-order valence-corrected chi connectivity index (χ2v) is 8.03. The molecule has 0 amide bonds. The molecule has 1 aliphatic heterocycles. The largest absolute Gasteiger partial charge is 0.491 e. The molecule has 0 atom stereocenters. The Morgan fingerprint density at radius 1 is 1.00 bits per heavy atom. The minimum Gasteiger partial charge on any atom is -0.491 e. The molecule has 0 N–H and O–H groups in total. The van der Waals surface area contributed by atoms with E-state index in [1.807, 2.05) is 0 Å². The Morgan fingerprint density at radius 3 is 2.27 bits per heavy atom. The first-order chi connectivity index (χ1) is 14.4. The topological polar surface area (TPSA) is 36.9 Å². The van der Waals surface area contributed by atoms with Gasteiger partial charge < -0.3 is 18.9 Å². The van der Waals surface area contributed by atoms with Gasteiger partial charge in [0.2, 0.25) is 5.82 Å². The molecule has 1 heterocycles. The fourth-order valence-electron chi connectivity index (χ4n) is 4.29. The molecule has 8 heteroatoms. The van der Waals surface area contributed by atoms with Crippen LogP contribution in [0.1, 0.15) is 57.9 Å². The lowest BCUT2D eigenvalue weighted by Crippen LogP contribution is -2.44. The van der Waals surface area contributed by atoms with Crippen LogP contribution in [-0.2, 0) is 20.3 Å². The van der Waals surface area contributed by atoms with Crippen molar-refractivity contribution in [2.24, 2.45) is 11.8 Å². The van der Waals surface area contributed by atoms with Gasteiger partial charge in [-0.2, -0.15) is 13.2 Å². The monoisotopic (exact) mass is 434 g/mol. The molecule has 0 radical (unpaired) electrons. The molecule has 0 unspecified atom stereocenters. The molecule has 1 saturated heterocycles. The summed E-state index contributed by atoms with van der Waals surface area (Å²) in [6, 6.07) is 1.73. The average molecular weight is 434 g/mol. The first-order valence-corrected chi connectivity index (χ1v) is 10.8. The number of alkyl halides is 2. The van der Waals surface area contributed by atoms with Gasteiger partial charge in [-0.05, 0) is 50.7 Å². The maximum atomic E-state index is 14.5. The van der Waals surface area contributed by atoms with Crippen LogP contribution in [0.4, 0.5) is 17.6 Å². The van der Waals surface area contributed by atoms with Gasteiger partial charge in [0.05, 0.1) is 25.4 Å². The maximum Gasteiger partial charge on any atom is 0.386 e. The maximum absolute atomic E-state index is 14.5. The summed E-state index contributed by atoms with van der Waals surface area (Å²) in [6.07, 6.45) is 1.11. The van der Waals surface area contributed by atoms with Crippen LogP contribution in [0.25, 0.3) is 0 Å². The van der Waals surface area contributed by atoms with Crippen molar-refractivity contribution in [3.8, 4) is 5.75 Å². The molecule has 1 aromatic carbocycles. The van der Waals surface area contributed by atoms with Gasteiger partial charge >= 0.3 is 6.11 Å². The Labute approximate surface area is 174 Å². The molecule has 0 aromatic heterocycles. The number of hydrogen-bond acceptors (Lipinski definition) is 4. The minimum absolute atomic E-state index is 0.0841.